The molecule has 158 valence electrons. The van der Waals surface area contributed by atoms with Gasteiger partial charge in [-0.15, -0.1) is 0 Å². The monoisotopic (exact) mass is 598 g/mol. The first-order chi connectivity index (χ1) is 15.5. The Hall–Kier alpha value is -3.03. The van der Waals surface area contributed by atoms with E-state index in [1.54, 1.807) is 31.3 Å². The van der Waals surface area contributed by atoms with E-state index in [0.29, 0.717) is 34.6 Å². The van der Waals surface area contributed by atoms with E-state index in [4.69, 9.17) is 4.74 Å². The van der Waals surface area contributed by atoms with Gasteiger partial charge in [0.15, 0.2) is 0 Å². The summed E-state index contributed by atoms with van der Waals surface area (Å²) in [6, 6.07) is 20.6. The molecule has 1 heterocycles. The third-order valence-electron chi connectivity index (χ3n) is 4.77. The largest absolute Gasteiger partial charge is 0.488 e. The van der Waals surface area contributed by atoms with Gasteiger partial charge in [0, 0.05) is 10.0 Å². The van der Waals surface area contributed by atoms with Crippen LogP contribution in [0.1, 0.15) is 22.5 Å². The van der Waals surface area contributed by atoms with Crippen LogP contribution in [0.15, 0.2) is 75.0 Å². The average Bonchev–Trinajstić information content (AvgIpc) is 2.79. The molecule has 0 unspecified atom stereocenters. The van der Waals surface area contributed by atoms with E-state index in [9.17, 15) is 10.1 Å². The van der Waals surface area contributed by atoms with Crippen molar-refractivity contribution in [3.05, 3.63) is 102 Å². The number of nitrogens with zero attached hydrogens (tertiary/aromatic N) is 4. The fourth-order valence-corrected chi connectivity index (χ4v) is 4.20. The SMILES string of the molecule is Cc1nc2ccc(Br)cc2c(=O)n1N=Cc1ccc(OCc2ccccc2C#N)c(I)c1. The van der Waals surface area contributed by atoms with Gasteiger partial charge in [-0.1, -0.05) is 34.1 Å². The first-order valence-corrected chi connectivity index (χ1v) is 11.5. The molecule has 4 rings (SSSR count). The smallest absolute Gasteiger partial charge is 0.282 e. The number of hydrogen-bond acceptors (Lipinski definition) is 5. The maximum Gasteiger partial charge on any atom is 0.282 e. The fourth-order valence-electron chi connectivity index (χ4n) is 3.15. The summed E-state index contributed by atoms with van der Waals surface area (Å²) in [7, 11) is 0. The highest BCUT2D eigenvalue weighted by atomic mass is 127. The van der Waals surface area contributed by atoms with Crippen molar-refractivity contribution in [3.63, 3.8) is 0 Å². The molecule has 0 atom stereocenters. The summed E-state index contributed by atoms with van der Waals surface area (Å²) in [6.45, 7) is 2.06. The van der Waals surface area contributed by atoms with E-state index in [2.05, 4.69) is 54.7 Å². The van der Waals surface area contributed by atoms with Crippen molar-refractivity contribution in [1.82, 2.24) is 9.66 Å². The van der Waals surface area contributed by atoms with Gasteiger partial charge < -0.3 is 4.74 Å². The van der Waals surface area contributed by atoms with Crippen molar-refractivity contribution in [2.24, 2.45) is 5.10 Å². The number of ether oxygens (including phenoxy) is 1. The zero-order valence-electron chi connectivity index (χ0n) is 16.9. The van der Waals surface area contributed by atoms with E-state index in [0.717, 1.165) is 19.2 Å². The Labute approximate surface area is 206 Å². The van der Waals surface area contributed by atoms with Crippen LogP contribution < -0.4 is 10.3 Å². The van der Waals surface area contributed by atoms with Gasteiger partial charge in [-0.25, -0.2) is 4.98 Å². The Morgan fingerprint density at radius 3 is 2.81 bits per heavy atom. The molecule has 0 spiro atoms. The highest BCUT2D eigenvalue weighted by molar-refractivity contribution is 14.1. The predicted molar refractivity (Wildman–Crippen MR) is 136 cm³/mol. The normalized spacial score (nSPS) is 11.1. The zero-order valence-corrected chi connectivity index (χ0v) is 20.7. The molecule has 8 heteroatoms. The number of fused-ring (bicyclic) bond motifs is 1. The van der Waals surface area contributed by atoms with E-state index >= 15 is 0 Å². The van der Waals surface area contributed by atoms with Crippen LogP contribution in [-0.2, 0) is 6.61 Å². The van der Waals surface area contributed by atoms with Crippen molar-refractivity contribution in [2.75, 3.05) is 0 Å². The summed E-state index contributed by atoms with van der Waals surface area (Å²) < 4.78 is 8.91. The van der Waals surface area contributed by atoms with Crippen LogP contribution in [0.25, 0.3) is 10.9 Å². The maximum absolute atomic E-state index is 12.9. The van der Waals surface area contributed by atoms with E-state index < -0.39 is 0 Å². The molecular formula is C24H16BrIN4O2. The third-order valence-corrected chi connectivity index (χ3v) is 6.11. The van der Waals surface area contributed by atoms with Gasteiger partial charge in [0.25, 0.3) is 5.56 Å². The lowest BCUT2D eigenvalue weighted by molar-refractivity contribution is 0.303. The number of rotatable bonds is 5. The Morgan fingerprint density at radius 1 is 1.22 bits per heavy atom. The first kappa shape index (κ1) is 22.2. The second-order valence-electron chi connectivity index (χ2n) is 6.93. The molecule has 32 heavy (non-hydrogen) atoms. The summed E-state index contributed by atoms with van der Waals surface area (Å²) in [5.74, 6) is 1.22. The summed E-state index contributed by atoms with van der Waals surface area (Å²) in [4.78, 5) is 17.3. The molecule has 0 saturated carbocycles. The van der Waals surface area contributed by atoms with Gasteiger partial charge >= 0.3 is 0 Å². The minimum atomic E-state index is -0.226. The van der Waals surface area contributed by atoms with Gasteiger partial charge in [-0.3, -0.25) is 4.79 Å². The van der Waals surface area contributed by atoms with Crippen molar-refractivity contribution in [1.29, 1.82) is 5.26 Å². The lowest BCUT2D eigenvalue weighted by Gasteiger charge is -2.10. The molecule has 1 aromatic heterocycles. The van der Waals surface area contributed by atoms with E-state index in [1.807, 2.05) is 42.5 Å². The molecule has 4 aromatic rings. The van der Waals surface area contributed by atoms with Gasteiger partial charge in [0.2, 0.25) is 0 Å². The van der Waals surface area contributed by atoms with Crippen LogP contribution in [0.4, 0.5) is 0 Å². The fraction of sp³-hybridized carbons (Fsp3) is 0.0833. The van der Waals surface area contributed by atoms with Crippen LogP contribution in [0, 0.1) is 21.8 Å². The average molecular weight is 599 g/mol. The number of aromatic nitrogens is 2. The number of halogens is 2. The van der Waals surface area contributed by atoms with Gasteiger partial charge in [0.05, 0.1) is 32.3 Å². The van der Waals surface area contributed by atoms with Crippen LogP contribution in [0.3, 0.4) is 0 Å². The minimum Gasteiger partial charge on any atom is -0.488 e. The van der Waals surface area contributed by atoms with Crippen LogP contribution in [-0.4, -0.2) is 15.9 Å². The highest BCUT2D eigenvalue weighted by Gasteiger charge is 2.09. The molecule has 0 aliphatic rings. The van der Waals surface area contributed by atoms with E-state index in [-0.39, 0.29) is 5.56 Å². The second-order valence-corrected chi connectivity index (χ2v) is 9.01. The topological polar surface area (TPSA) is 80.3 Å². The molecule has 3 aromatic carbocycles. The summed E-state index contributed by atoms with van der Waals surface area (Å²) in [5.41, 5.74) is 2.66. The van der Waals surface area contributed by atoms with Crippen molar-refractivity contribution in [3.8, 4) is 11.8 Å². The molecule has 0 aliphatic heterocycles. The molecule has 0 saturated heterocycles. The van der Waals surface area contributed by atoms with Crippen molar-refractivity contribution >= 4 is 55.6 Å². The van der Waals surface area contributed by atoms with Gasteiger partial charge in [-0.05, 0) is 77.5 Å². The van der Waals surface area contributed by atoms with Crippen LogP contribution in [0.5, 0.6) is 5.75 Å². The molecule has 0 bridgehead atoms. The van der Waals surface area contributed by atoms with Crippen LogP contribution in [0.2, 0.25) is 0 Å². The minimum absolute atomic E-state index is 0.226. The number of nitriles is 1. The standard InChI is InChI=1S/C24H16BrIN4O2/c1-15-29-22-8-7-19(25)11-20(22)24(31)30(15)28-13-16-6-9-23(21(26)10-16)32-14-18-5-3-2-4-17(18)12-27/h2-11,13H,14H2,1H3. The Morgan fingerprint density at radius 2 is 2.03 bits per heavy atom. The second kappa shape index (κ2) is 9.63. The summed E-state index contributed by atoms with van der Waals surface area (Å²) in [5, 5.41) is 14.1. The lowest BCUT2D eigenvalue weighted by atomic mass is 10.1. The highest BCUT2D eigenvalue weighted by Crippen LogP contribution is 2.23. The number of benzene rings is 3. The van der Waals surface area contributed by atoms with Gasteiger partial charge in [0.1, 0.15) is 18.2 Å². The molecular weight excluding hydrogens is 583 g/mol. The lowest BCUT2D eigenvalue weighted by Crippen LogP contribution is -2.20. The first-order valence-electron chi connectivity index (χ1n) is 9.60. The maximum atomic E-state index is 12.9. The Balaban J connectivity index is 1.56. The molecule has 0 amide bonds. The molecule has 0 aliphatic carbocycles. The van der Waals surface area contributed by atoms with Crippen molar-refractivity contribution in [2.45, 2.75) is 13.5 Å². The molecule has 6 nitrogen and oxygen atoms in total. The predicted octanol–water partition coefficient (Wildman–Crippen LogP) is 5.40. The molecule has 0 N–H and O–H groups in total. The summed E-state index contributed by atoms with van der Waals surface area (Å²) in [6.07, 6.45) is 1.62. The summed E-state index contributed by atoms with van der Waals surface area (Å²) >= 11 is 5.58. The third kappa shape index (κ3) is 4.74. The van der Waals surface area contributed by atoms with E-state index in [1.165, 1.54) is 4.68 Å². The van der Waals surface area contributed by atoms with Crippen LogP contribution >= 0.6 is 38.5 Å². The Bertz CT molecular complexity index is 1460. The quantitative estimate of drug-likeness (QED) is 0.227. The Kier molecular flexibility index (Phi) is 6.67. The number of aryl methyl sites for hydroxylation is 1. The molecule has 0 radical (unpaired) electrons. The zero-order chi connectivity index (χ0) is 22.7. The molecule has 0 fully saturated rings. The van der Waals surface area contributed by atoms with Crippen molar-refractivity contribution < 1.29 is 4.74 Å². The van der Waals surface area contributed by atoms with Gasteiger partial charge in [-0.2, -0.15) is 15.0 Å². The number of hydrogen-bond donors (Lipinski definition) is 0.